The second kappa shape index (κ2) is 4.13. The molecule has 0 N–H and O–H groups in total. The molecule has 0 radical (unpaired) electrons. The Balaban J connectivity index is 3.29. The van der Waals surface area contributed by atoms with E-state index in [0.717, 1.165) is 10.2 Å². The van der Waals surface area contributed by atoms with Crippen molar-refractivity contribution >= 4 is 21.9 Å². The molecular weight excluding hydrogens is 248 g/mol. The molecule has 1 aromatic rings. The molecule has 4 nitrogen and oxygen atoms in total. The number of carbonyl (C=O) groups is 1. The first-order valence-corrected chi connectivity index (χ1v) is 5.09. The minimum Gasteiger partial charge on any atom is -0.464 e. The summed E-state index contributed by atoms with van der Waals surface area (Å²) >= 11 is 3.39. The van der Waals surface area contributed by atoms with E-state index in [4.69, 9.17) is 0 Å². The Labute approximate surface area is 91.4 Å². The van der Waals surface area contributed by atoms with Gasteiger partial charge in [0.1, 0.15) is 4.60 Å². The topological polar surface area (TPSA) is 44.1 Å². The molecule has 0 amide bonds. The van der Waals surface area contributed by atoms with Crippen molar-refractivity contribution in [3.05, 3.63) is 15.9 Å². The highest BCUT2D eigenvalue weighted by Gasteiger charge is 2.22. The molecule has 0 aliphatic rings. The van der Waals surface area contributed by atoms with Crippen LogP contribution >= 0.6 is 15.9 Å². The fraction of sp³-hybridized carbons (Fsp3) is 0.556. The predicted molar refractivity (Wildman–Crippen MR) is 56.3 cm³/mol. The fourth-order valence-electron chi connectivity index (χ4n) is 1.28. The van der Waals surface area contributed by atoms with Gasteiger partial charge in [-0.25, -0.2) is 4.79 Å². The number of esters is 1. The monoisotopic (exact) mass is 260 g/mol. The van der Waals surface area contributed by atoms with Gasteiger partial charge in [0.15, 0.2) is 5.69 Å². The molecule has 0 spiro atoms. The summed E-state index contributed by atoms with van der Waals surface area (Å²) in [7, 11) is 3.14. The number of nitrogens with zero attached hydrogens (tertiary/aromatic N) is 2. The normalized spacial score (nSPS) is 10.7. The highest BCUT2D eigenvalue weighted by Crippen LogP contribution is 2.27. The molecule has 0 saturated heterocycles. The molecule has 0 atom stereocenters. The molecule has 1 heterocycles. The van der Waals surface area contributed by atoms with Crippen molar-refractivity contribution in [3.63, 3.8) is 0 Å². The Hall–Kier alpha value is -0.840. The van der Waals surface area contributed by atoms with Gasteiger partial charge in [0, 0.05) is 12.6 Å². The summed E-state index contributed by atoms with van der Waals surface area (Å²) in [4.78, 5) is 11.4. The standard InChI is InChI=1S/C9H13BrN2O2/c1-5(2)6-7(9(13)14-4)11-12(3)8(6)10/h5H,1-4H3. The van der Waals surface area contributed by atoms with Crippen molar-refractivity contribution in [1.82, 2.24) is 9.78 Å². The van der Waals surface area contributed by atoms with Gasteiger partial charge in [-0.05, 0) is 21.8 Å². The summed E-state index contributed by atoms with van der Waals surface area (Å²) in [6.45, 7) is 4.02. The zero-order valence-corrected chi connectivity index (χ0v) is 10.3. The molecule has 1 aromatic heterocycles. The molecule has 0 bridgehead atoms. The van der Waals surface area contributed by atoms with Gasteiger partial charge in [-0.2, -0.15) is 5.10 Å². The van der Waals surface area contributed by atoms with Crippen LogP contribution in [0.5, 0.6) is 0 Å². The maximum absolute atomic E-state index is 11.4. The Morgan fingerprint density at radius 2 is 2.14 bits per heavy atom. The molecule has 0 saturated carbocycles. The first-order chi connectivity index (χ1) is 6.49. The Bertz CT molecular complexity index is 358. The van der Waals surface area contributed by atoms with E-state index in [0.29, 0.717) is 5.69 Å². The molecule has 78 valence electrons. The predicted octanol–water partition coefficient (Wildman–Crippen LogP) is 2.09. The van der Waals surface area contributed by atoms with Crippen LogP contribution in [0.15, 0.2) is 4.60 Å². The summed E-state index contributed by atoms with van der Waals surface area (Å²) in [5.41, 5.74) is 1.27. The number of methoxy groups -OCH3 is 1. The third-order valence-corrected chi connectivity index (χ3v) is 2.91. The van der Waals surface area contributed by atoms with Gasteiger partial charge in [0.05, 0.1) is 7.11 Å². The largest absolute Gasteiger partial charge is 0.464 e. The van der Waals surface area contributed by atoms with E-state index in [-0.39, 0.29) is 5.92 Å². The number of ether oxygens (including phenoxy) is 1. The van der Waals surface area contributed by atoms with Crippen molar-refractivity contribution in [2.45, 2.75) is 19.8 Å². The SMILES string of the molecule is COC(=O)c1nn(C)c(Br)c1C(C)C. The molecule has 0 aromatic carbocycles. The molecule has 14 heavy (non-hydrogen) atoms. The number of rotatable bonds is 2. The van der Waals surface area contributed by atoms with Crippen LogP contribution in [0.2, 0.25) is 0 Å². The number of aryl methyl sites for hydroxylation is 1. The summed E-state index contributed by atoms with van der Waals surface area (Å²) in [5, 5.41) is 4.10. The van der Waals surface area contributed by atoms with Crippen LogP contribution in [0.4, 0.5) is 0 Å². The molecular formula is C9H13BrN2O2. The minimum atomic E-state index is -0.394. The molecule has 0 aliphatic heterocycles. The van der Waals surface area contributed by atoms with Crippen molar-refractivity contribution in [1.29, 1.82) is 0 Å². The first kappa shape index (κ1) is 11.2. The number of halogens is 1. The van der Waals surface area contributed by atoms with Crippen LogP contribution in [-0.2, 0) is 11.8 Å². The Kier molecular flexibility index (Phi) is 3.31. The quantitative estimate of drug-likeness (QED) is 0.766. The van der Waals surface area contributed by atoms with Crippen LogP contribution in [0.3, 0.4) is 0 Å². The highest BCUT2D eigenvalue weighted by atomic mass is 79.9. The minimum absolute atomic E-state index is 0.229. The Morgan fingerprint density at radius 1 is 1.57 bits per heavy atom. The van der Waals surface area contributed by atoms with Crippen LogP contribution in [-0.4, -0.2) is 22.9 Å². The number of hydrogen-bond donors (Lipinski definition) is 0. The van der Waals surface area contributed by atoms with Gasteiger partial charge in [0.2, 0.25) is 0 Å². The van der Waals surface area contributed by atoms with Crippen LogP contribution < -0.4 is 0 Å². The molecule has 5 heteroatoms. The number of hydrogen-bond acceptors (Lipinski definition) is 3. The van der Waals surface area contributed by atoms with Crippen LogP contribution in [0.1, 0.15) is 35.8 Å². The van der Waals surface area contributed by atoms with Gasteiger partial charge >= 0.3 is 5.97 Å². The first-order valence-electron chi connectivity index (χ1n) is 4.29. The van der Waals surface area contributed by atoms with Gasteiger partial charge in [0.25, 0.3) is 0 Å². The summed E-state index contributed by atoms with van der Waals surface area (Å²) in [6, 6.07) is 0. The summed E-state index contributed by atoms with van der Waals surface area (Å²) < 4.78 is 7.11. The van der Waals surface area contributed by atoms with Gasteiger partial charge < -0.3 is 4.74 Å². The molecule has 0 unspecified atom stereocenters. The third-order valence-electron chi connectivity index (χ3n) is 1.97. The maximum Gasteiger partial charge on any atom is 0.358 e. The average Bonchev–Trinajstić information content (AvgIpc) is 2.42. The maximum atomic E-state index is 11.4. The van der Waals surface area contributed by atoms with E-state index in [1.165, 1.54) is 7.11 Å². The van der Waals surface area contributed by atoms with E-state index in [9.17, 15) is 4.79 Å². The molecule has 0 fully saturated rings. The average molecular weight is 261 g/mol. The van der Waals surface area contributed by atoms with Gasteiger partial charge in [-0.3, -0.25) is 4.68 Å². The van der Waals surface area contributed by atoms with E-state index in [1.807, 2.05) is 13.8 Å². The second-order valence-electron chi connectivity index (χ2n) is 3.32. The third kappa shape index (κ3) is 1.82. The van der Waals surface area contributed by atoms with Gasteiger partial charge in [-0.1, -0.05) is 13.8 Å². The lowest BCUT2D eigenvalue weighted by Crippen LogP contribution is -2.06. The Morgan fingerprint density at radius 3 is 2.57 bits per heavy atom. The van der Waals surface area contributed by atoms with Crippen molar-refractivity contribution < 1.29 is 9.53 Å². The van der Waals surface area contributed by atoms with E-state index in [2.05, 4.69) is 25.8 Å². The zero-order chi connectivity index (χ0) is 10.9. The fourth-order valence-corrected chi connectivity index (χ4v) is 2.00. The lowest BCUT2D eigenvalue weighted by atomic mass is 10.0. The smallest absolute Gasteiger partial charge is 0.358 e. The van der Waals surface area contributed by atoms with Crippen LogP contribution in [0, 0.1) is 0 Å². The molecule has 0 aliphatic carbocycles. The second-order valence-corrected chi connectivity index (χ2v) is 4.07. The highest BCUT2D eigenvalue weighted by molar-refractivity contribution is 9.10. The zero-order valence-electron chi connectivity index (χ0n) is 8.67. The summed E-state index contributed by atoms with van der Waals surface area (Å²) in [6.07, 6.45) is 0. The van der Waals surface area contributed by atoms with E-state index < -0.39 is 5.97 Å². The van der Waals surface area contributed by atoms with E-state index >= 15 is 0 Å². The number of carbonyl (C=O) groups excluding carboxylic acids is 1. The van der Waals surface area contributed by atoms with Gasteiger partial charge in [-0.15, -0.1) is 0 Å². The number of aromatic nitrogens is 2. The van der Waals surface area contributed by atoms with Crippen molar-refractivity contribution in [2.24, 2.45) is 7.05 Å². The van der Waals surface area contributed by atoms with E-state index in [1.54, 1.807) is 11.7 Å². The molecule has 1 rings (SSSR count). The van der Waals surface area contributed by atoms with Crippen molar-refractivity contribution in [2.75, 3.05) is 7.11 Å². The summed E-state index contributed by atoms with van der Waals surface area (Å²) in [5.74, 6) is -0.165. The van der Waals surface area contributed by atoms with Crippen molar-refractivity contribution in [3.8, 4) is 0 Å². The lowest BCUT2D eigenvalue weighted by Gasteiger charge is -2.04. The van der Waals surface area contributed by atoms with Crippen LogP contribution in [0.25, 0.3) is 0 Å². The lowest BCUT2D eigenvalue weighted by molar-refractivity contribution is 0.0591.